The van der Waals surface area contributed by atoms with Crippen molar-refractivity contribution in [1.82, 2.24) is 0 Å². The molecule has 0 amide bonds. The topological polar surface area (TPSA) is 21.6 Å². The molecular weight excluding hydrogens is 571 g/mol. The van der Waals surface area contributed by atoms with E-state index in [0.717, 1.165) is 22.9 Å². The first-order valence-electron chi connectivity index (χ1n) is 16.3. The predicted molar refractivity (Wildman–Crippen MR) is 189 cm³/mol. The maximum atomic E-state index is 6.69. The number of hydrogen-bond donors (Lipinski definition) is 0. The third kappa shape index (κ3) is 3.17. The van der Waals surface area contributed by atoms with Crippen molar-refractivity contribution < 1.29 is 4.74 Å². The van der Waals surface area contributed by atoms with Crippen LogP contribution in [0.5, 0.6) is 11.5 Å². The van der Waals surface area contributed by atoms with Crippen LogP contribution >= 0.6 is 0 Å². The summed E-state index contributed by atoms with van der Waals surface area (Å²) in [6.45, 7) is 0. The first-order valence-corrected chi connectivity index (χ1v) is 16.3. The Labute approximate surface area is 273 Å². The van der Waals surface area contributed by atoms with Gasteiger partial charge in [0.25, 0.3) is 0 Å². The summed E-state index contributed by atoms with van der Waals surface area (Å²) in [4.78, 5) is 5.25. The van der Waals surface area contributed by atoms with Gasteiger partial charge in [-0.2, -0.15) is 0 Å². The Balaban J connectivity index is 1.15. The second-order valence-corrected chi connectivity index (χ2v) is 13.0. The fourth-order valence-corrected chi connectivity index (χ4v) is 8.91. The van der Waals surface area contributed by atoms with Crippen LogP contribution < -0.4 is 4.74 Å². The molecule has 0 fully saturated rings. The summed E-state index contributed by atoms with van der Waals surface area (Å²) in [6, 6.07) is 57.5. The van der Waals surface area contributed by atoms with E-state index in [1.54, 1.807) is 0 Å². The van der Waals surface area contributed by atoms with Crippen LogP contribution in [0, 0.1) is 0 Å². The van der Waals surface area contributed by atoms with Gasteiger partial charge in [0, 0.05) is 16.7 Å². The zero-order chi connectivity index (χ0) is 30.7. The SMILES string of the molecule is c1ccc2c(c1)N=C1c3cc(-c4ccc5c(c4)C4(c6ccccc6O5)c5ccccc5-c5ccccc54)ccc3-c3ccccc3C12. The molecule has 2 heterocycles. The van der Waals surface area contributed by atoms with Crippen LogP contribution in [0.3, 0.4) is 0 Å². The van der Waals surface area contributed by atoms with Gasteiger partial charge < -0.3 is 4.74 Å². The number of para-hydroxylation sites is 2. The summed E-state index contributed by atoms with van der Waals surface area (Å²) < 4.78 is 6.69. The predicted octanol–water partition coefficient (Wildman–Crippen LogP) is 11.1. The zero-order valence-corrected chi connectivity index (χ0v) is 25.4. The van der Waals surface area contributed by atoms with E-state index < -0.39 is 5.41 Å². The van der Waals surface area contributed by atoms with E-state index in [4.69, 9.17) is 9.73 Å². The molecule has 2 heteroatoms. The number of aliphatic imine (C=N–C) groups is 1. The highest BCUT2D eigenvalue weighted by atomic mass is 16.5. The minimum absolute atomic E-state index is 0.147. The molecule has 2 aliphatic heterocycles. The fourth-order valence-electron chi connectivity index (χ4n) is 8.91. The summed E-state index contributed by atoms with van der Waals surface area (Å²) in [5.41, 5.74) is 18.0. The summed E-state index contributed by atoms with van der Waals surface area (Å²) in [6.07, 6.45) is 0. The van der Waals surface area contributed by atoms with Gasteiger partial charge >= 0.3 is 0 Å². The van der Waals surface area contributed by atoms with Crippen LogP contribution in [0.25, 0.3) is 33.4 Å². The Morgan fingerprint density at radius 2 is 1.02 bits per heavy atom. The van der Waals surface area contributed by atoms with E-state index in [0.29, 0.717) is 0 Å². The maximum Gasteiger partial charge on any atom is 0.132 e. The molecule has 1 atom stereocenters. The van der Waals surface area contributed by atoms with Gasteiger partial charge in [-0.25, -0.2) is 0 Å². The van der Waals surface area contributed by atoms with E-state index in [-0.39, 0.29) is 5.92 Å². The summed E-state index contributed by atoms with van der Waals surface area (Å²) in [5.74, 6) is 1.96. The molecule has 218 valence electrons. The Kier molecular flexibility index (Phi) is 4.86. The number of benzene rings is 7. The monoisotopic (exact) mass is 597 g/mol. The van der Waals surface area contributed by atoms with Crippen molar-refractivity contribution in [2.24, 2.45) is 4.99 Å². The van der Waals surface area contributed by atoms with Crippen LogP contribution in [-0.2, 0) is 5.41 Å². The average molecular weight is 598 g/mol. The normalized spacial score (nSPS) is 16.3. The molecule has 2 nitrogen and oxygen atoms in total. The third-order valence-corrected chi connectivity index (χ3v) is 10.8. The highest BCUT2D eigenvalue weighted by molar-refractivity contribution is 6.18. The molecule has 0 N–H and O–H groups in total. The van der Waals surface area contributed by atoms with Gasteiger partial charge in [0.2, 0.25) is 0 Å². The molecule has 0 aromatic heterocycles. The van der Waals surface area contributed by atoms with Gasteiger partial charge in [-0.05, 0) is 86.0 Å². The number of ether oxygens (including phenoxy) is 1. The second kappa shape index (κ2) is 9.05. The molecule has 0 saturated heterocycles. The van der Waals surface area contributed by atoms with Gasteiger partial charge in [0.15, 0.2) is 0 Å². The summed E-state index contributed by atoms with van der Waals surface area (Å²) in [7, 11) is 0. The Morgan fingerprint density at radius 1 is 0.426 bits per heavy atom. The number of fused-ring (bicyclic) bond motifs is 17. The van der Waals surface area contributed by atoms with Crippen LogP contribution in [0.2, 0.25) is 0 Å². The molecule has 1 unspecified atom stereocenters. The van der Waals surface area contributed by atoms with E-state index in [2.05, 4.69) is 158 Å². The smallest absolute Gasteiger partial charge is 0.132 e. The molecule has 0 saturated carbocycles. The number of hydrogen-bond acceptors (Lipinski definition) is 2. The molecule has 0 bridgehead atoms. The molecule has 7 aromatic rings. The van der Waals surface area contributed by atoms with Crippen molar-refractivity contribution in [3.05, 3.63) is 197 Å². The van der Waals surface area contributed by atoms with Crippen molar-refractivity contribution >= 4 is 11.4 Å². The molecular formula is C45H27NO. The third-order valence-electron chi connectivity index (χ3n) is 10.8. The number of nitrogens with zero attached hydrogens (tertiary/aromatic N) is 1. The summed E-state index contributed by atoms with van der Waals surface area (Å²) >= 11 is 0. The molecule has 47 heavy (non-hydrogen) atoms. The van der Waals surface area contributed by atoms with Gasteiger partial charge in [-0.1, -0.05) is 127 Å². The van der Waals surface area contributed by atoms with Crippen LogP contribution in [0.15, 0.2) is 163 Å². The van der Waals surface area contributed by atoms with Crippen molar-refractivity contribution in [3.63, 3.8) is 0 Å². The van der Waals surface area contributed by atoms with Crippen LogP contribution in [0.1, 0.15) is 44.9 Å². The van der Waals surface area contributed by atoms with Crippen molar-refractivity contribution in [1.29, 1.82) is 0 Å². The fraction of sp³-hybridized carbons (Fsp3) is 0.0444. The lowest BCUT2D eigenvalue weighted by Gasteiger charge is -2.39. The second-order valence-electron chi connectivity index (χ2n) is 13.0. The first kappa shape index (κ1) is 25.2. The molecule has 4 aliphatic rings. The van der Waals surface area contributed by atoms with Crippen LogP contribution in [-0.4, -0.2) is 5.71 Å². The van der Waals surface area contributed by atoms with E-state index in [9.17, 15) is 0 Å². The van der Waals surface area contributed by atoms with Gasteiger partial charge in [-0.3, -0.25) is 4.99 Å². The Morgan fingerprint density at radius 3 is 1.83 bits per heavy atom. The van der Waals surface area contributed by atoms with Crippen molar-refractivity contribution in [2.75, 3.05) is 0 Å². The molecule has 1 spiro atoms. The molecule has 0 radical (unpaired) electrons. The quantitative estimate of drug-likeness (QED) is 0.184. The van der Waals surface area contributed by atoms with Gasteiger partial charge in [0.1, 0.15) is 11.5 Å². The summed E-state index contributed by atoms with van der Waals surface area (Å²) in [5, 5.41) is 0. The Bertz CT molecular complexity index is 2470. The lowest BCUT2D eigenvalue weighted by molar-refractivity contribution is 0.436. The van der Waals surface area contributed by atoms with Crippen molar-refractivity contribution in [2.45, 2.75) is 11.3 Å². The maximum absolute atomic E-state index is 6.69. The van der Waals surface area contributed by atoms with Crippen molar-refractivity contribution in [3.8, 4) is 44.9 Å². The minimum Gasteiger partial charge on any atom is -0.457 e. The lowest BCUT2D eigenvalue weighted by atomic mass is 9.65. The Hall–Kier alpha value is -5.99. The standard InChI is InChI=1S/C45H27NO/c1-2-14-33-29(11-1)30-23-21-27(25-35(30)44-43(33)34-15-5-9-19-40(34)46-44)28-22-24-42-39(26-28)45(38-18-8-10-20-41(38)47-42)36-16-6-3-12-31(36)32-13-4-7-17-37(32)45/h1-26,43H. The minimum atomic E-state index is -0.483. The number of rotatable bonds is 1. The zero-order valence-electron chi connectivity index (χ0n) is 25.4. The molecule has 7 aromatic carbocycles. The first-order chi connectivity index (χ1) is 23.3. The highest BCUT2D eigenvalue weighted by Crippen LogP contribution is 2.62. The van der Waals surface area contributed by atoms with E-state index >= 15 is 0 Å². The lowest BCUT2D eigenvalue weighted by Crippen LogP contribution is -2.32. The van der Waals surface area contributed by atoms with E-state index in [1.165, 1.54) is 72.3 Å². The van der Waals surface area contributed by atoms with Gasteiger partial charge in [-0.15, -0.1) is 0 Å². The van der Waals surface area contributed by atoms with Gasteiger partial charge in [0.05, 0.1) is 22.7 Å². The van der Waals surface area contributed by atoms with Crippen LogP contribution in [0.4, 0.5) is 5.69 Å². The largest absolute Gasteiger partial charge is 0.457 e. The molecule has 11 rings (SSSR count). The highest BCUT2D eigenvalue weighted by Gasteiger charge is 2.51. The molecule has 2 aliphatic carbocycles. The average Bonchev–Trinajstić information content (AvgIpc) is 3.67. The van der Waals surface area contributed by atoms with E-state index in [1.807, 2.05) is 0 Å².